The van der Waals surface area contributed by atoms with Gasteiger partial charge < -0.3 is 33.4 Å². The molecule has 164 valence electrons. The monoisotopic (exact) mass is 427 g/mol. The van der Waals surface area contributed by atoms with Crippen LogP contribution in [0.2, 0.25) is 0 Å². The van der Waals surface area contributed by atoms with E-state index in [-0.39, 0.29) is 25.8 Å². The third-order valence-corrected chi connectivity index (χ3v) is 5.25. The summed E-state index contributed by atoms with van der Waals surface area (Å²) in [5, 5.41) is 11.1. The summed E-state index contributed by atoms with van der Waals surface area (Å²) in [6, 6.07) is 10.9. The van der Waals surface area contributed by atoms with E-state index < -0.39 is 0 Å². The lowest BCUT2D eigenvalue weighted by Crippen LogP contribution is -2.26. The summed E-state index contributed by atoms with van der Waals surface area (Å²) in [7, 11) is 3.13. The Morgan fingerprint density at radius 1 is 1.06 bits per heavy atom. The number of nitrogens with zero attached hydrogens (tertiary/aromatic N) is 1. The van der Waals surface area contributed by atoms with E-state index in [9.17, 15) is 9.90 Å². The van der Waals surface area contributed by atoms with Crippen molar-refractivity contribution in [1.29, 1.82) is 0 Å². The lowest BCUT2D eigenvalue weighted by Gasteiger charge is -2.20. The van der Waals surface area contributed by atoms with Crippen LogP contribution in [0.5, 0.6) is 17.2 Å². The highest BCUT2D eigenvalue weighted by atomic mass is 16.7. The van der Waals surface area contributed by atoms with Gasteiger partial charge in [0.25, 0.3) is 5.56 Å². The van der Waals surface area contributed by atoms with E-state index in [1.54, 1.807) is 30.9 Å². The van der Waals surface area contributed by atoms with Crippen molar-refractivity contribution in [2.45, 2.75) is 13.0 Å². The number of hydrogen-bond donors (Lipinski definition) is 1. The molecular weight excluding hydrogens is 402 g/mol. The van der Waals surface area contributed by atoms with E-state index in [4.69, 9.17) is 23.7 Å². The largest absolute Gasteiger partial charge is 0.497 e. The van der Waals surface area contributed by atoms with E-state index in [1.165, 1.54) is 0 Å². The number of rotatable bonds is 9. The van der Waals surface area contributed by atoms with E-state index >= 15 is 0 Å². The van der Waals surface area contributed by atoms with Crippen LogP contribution in [-0.2, 0) is 22.4 Å². The van der Waals surface area contributed by atoms with Crippen LogP contribution in [0.15, 0.2) is 41.2 Å². The molecule has 0 saturated carbocycles. The molecule has 2 heterocycles. The maximum absolute atomic E-state index is 13.5. The maximum Gasteiger partial charge on any atom is 0.259 e. The van der Waals surface area contributed by atoms with Gasteiger partial charge in [-0.25, -0.2) is 0 Å². The van der Waals surface area contributed by atoms with E-state index in [1.807, 2.05) is 24.3 Å². The zero-order valence-corrected chi connectivity index (χ0v) is 17.6. The van der Waals surface area contributed by atoms with Crippen molar-refractivity contribution in [3.8, 4) is 28.5 Å². The van der Waals surface area contributed by atoms with E-state index in [0.717, 1.165) is 16.5 Å². The van der Waals surface area contributed by atoms with Crippen molar-refractivity contribution in [2.75, 3.05) is 41.0 Å². The van der Waals surface area contributed by atoms with Crippen LogP contribution in [0.3, 0.4) is 0 Å². The Morgan fingerprint density at radius 3 is 2.68 bits per heavy atom. The minimum atomic E-state index is -0.145. The molecule has 0 saturated heterocycles. The molecule has 0 radical (unpaired) electrons. The molecule has 0 aliphatic carbocycles. The van der Waals surface area contributed by atoms with Gasteiger partial charge in [-0.2, -0.15) is 0 Å². The first-order valence-corrected chi connectivity index (χ1v) is 9.99. The van der Waals surface area contributed by atoms with Gasteiger partial charge >= 0.3 is 0 Å². The van der Waals surface area contributed by atoms with Gasteiger partial charge in [0.05, 0.1) is 19.4 Å². The topological polar surface area (TPSA) is 88.4 Å². The molecule has 1 N–H and O–H groups in total. The summed E-state index contributed by atoms with van der Waals surface area (Å²) in [6.45, 7) is 0.859. The van der Waals surface area contributed by atoms with Gasteiger partial charge in [0, 0.05) is 31.2 Å². The highest BCUT2D eigenvalue weighted by molar-refractivity contribution is 5.91. The summed E-state index contributed by atoms with van der Waals surface area (Å²) in [5.41, 5.74) is 2.20. The first kappa shape index (κ1) is 21.2. The second kappa shape index (κ2) is 9.38. The molecule has 0 atom stereocenters. The van der Waals surface area contributed by atoms with Crippen LogP contribution in [0, 0.1) is 0 Å². The fourth-order valence-electron chi connectivity index (χ4n) is 3.87. The number of benzene rings is 2. The fourth-order valence-corrected chi connectivity index (χ4v) is 3.87. The first-order valence-electron chi connectivity index (χ1n) is 9.99. The van der Waals surface area contributed by atoms with Crippen molar-refractivity contribution >= 4 is 10.8 Å². The summed E-state index contributed by atoms with van der Waals surface area (Å²) < 4.78 is 28.5. The number of hydrogen-bond acceptors (Lipinski definition) is 7. The van der Waals surface area contributed by atoms with Crippen molar-refractivity contribution in [2.24, 2.45) is 0 Å². The Hall–Kier alpha value is -3.07. The van der Waals surface area contributed by atoms with E-state index in [0.29, 0.717) is 47.9 Å². The van der Waals surface area contributed by atoms with Crippen LogP contribution in [-0.4, -0.2) is 50.7 Å². The quantitative estimate of drug-likeness (QED) is 0.415. The lowest BCUT2D eigenvalue weighted by atomic mass is 9.96. The molecule has 8 heteroatoms. The number of aliphatic hydroxyl groups is 1. The highest BCUT2D eigenvalue weighted by Crippen LogP contribution is 2.38. The molecular formula is C23H25NO7. The zero-order chi connectivity index (χ0) is 21.8. The second-order valence-corrected chi connectivity index (χ2v) is 7.05. The van der Waals surface area contributed by atoms with Crippen molar-refractivity contribution in [3.05, 3.63) is 52.3 Å². The number of methoxy groups -OCH3 is 2. The van der Waals surface area contributed by atoms with Crippen LogP contribution in [0.25, 0.3) is 22.0 Å². The predicted molar refractivity (Wildman–Crippen MR) is 115 cm³/mol. The molecule has 0 bridgehead atoms. The van der Waals surface area contributed by atoms with Gasteiger partial charge in [0.15, 0.2) is 11.5 Å². The summed E-state index contributed by atoms with van der Waals surface area (Å²) >= 11 is 0. The van der Waals surface area contributed by atoms with Crippen molar-refractivity contribution < 1.29 is 28.8 Å². The van der Waals surface area contributed by atoms with Gasteiger partial charge in [-0.05, 0) is 53.8 Å². The Labute approximate surface area is 179 Å². The number of pyridine rings is 1. The van der Waals surface area contributed by atoms with Crippen LogP contribution < -0.4 is 19.8 Å². The van der Waals surface area contributed by atoms with Gasteiger partial charge in [-0.3, -0.25) is 4.79 Å². The lowest BCUT2D eigenvalue weighted by molar-refractivity contribution is -0.0330. The number of fused-ring (bicyclic) bond motifs is 2. The Bertz CT molecular complexity index is 1140. The fraction of sp³-hybridized carbons (Fsp3) is 0.348. The van der Waals surface area contributed by atoms with Crippen molar-refractivity contribution in [3.63, 3.8) is 0 Å². The summed E-state index contributed by atoms with van der Waals surface area (Å²) in [6.07, 6.45) is 0.368. The Morgan fingerprint density at radius 2 is 1.90 bits per heavy atom. The summed E-state index contributed by atoms with van der Waals surface area (Å²) in [5.74, 6) is 1.92. The second-order valence-electron chi connectivity index (χ2n) is 7.05. The molecule has 3 aromatic rings. The molecule has 31 heavy (non-hydrogen) atoms. The molecule has 2 aromatic carbocycles. The standard InChI is InChI=1S/C23H25NO7/c1-27-13-29-10-8-24-22(15-3-6-20-21(11-15)31-14-30-20)17(7-9-25)19-12-16(28-2)4-5-18(19)23(24)26/h3-6,11-12,25H,7-10,13-14H2,1-2H3. The van der Waals surface area contributed by atoms with Gasteiger partial charge in [-0.15, -0.1) is 0 Å². The molecule has 0 spiro atoms. The van der Waals surface area contributed by atoms with Crippen LogP contribution >= 0.6 is 0 Å². The highest BCUT2D eigenvalue weighted by Gasteiger charge is 2.21. The predicted octanol–water partition coefficient (Wildman–Crippen LogP) is 2.56. The maximum atomic E-state index is 13.5. The molecule has 1 aromatic heterocycles. The summed E-state index contributed by atoms with van der Waals surface area (Å²) in [4.78, 5) is 13.5. The number of aromatic nitrogens is 1. The van der Waals surface area contributed by atoms with Crippen LogP contribution in [0.4, 0.5) is 0 Å². The Balaban J connectivity index is 1.96. The third-order valence-electron chi connectivity index (χ3n) is 5.25. The zero-order valence-electron chi connectivity index (χ0n) is 17.6. The molecule has 8 nitrogen and oxygen atoms in total. The van der Waals surface area contributed by atoms with Gasteiger partial charge in [-0.1, -0.05) is 0 Å². The average molecular weight is 427 g/mol. The molecule has 0 amide bonds. The number of aliphatic hydroxyl groups excluding tert-OH is 1. The van der Waals surface area contributed by atoms with Crippen molar-refractivity contribution in [1.82, 2.24) is 4.57 Å². The molecule has 1 aliphatic heterocycles. The normalized spacial score (nSPS) is 12.5. The minimum Gasteiger partial charge on any atom is -0.497 e. The number of ether oxygens (including phenoxy) is 5. The van der Waals surface area contributed by atoms with Gasteiger partial charge in [0.2, 0.25) is 6.79 Å². The average Bonchev–Trinajstić information content (AvgIpc) is 3.27. The van der Waals surface area contributed by atoms with Crippen LogP contribution in [0.1, 0.15) is 5.56 Å². The minimum absolute atomic E-state index is 0.0672. The van der Waals surface area contributed by atoms with Gasteiger partial charge in [0.1, 0.15) is 12.5 Å². The smallest absolute Gasteiger partial charge is 0.259 e. The molecule has 0 fully saturated rings. The molecule has 4 rings (SSSR count). The third kappa shape index (κ3) is 4.10. The Kier molecular flexibility index (Phi) is 6.41. The van der Waals surface area contributed by atoms with E-state index in [2.05, 4.69) is 0 Å². The molecule has 0 unspecified atom stereocenters. The first-order chi connectivity index (χ1) is 15.2. The SMILES string of the molecule is COCOCCn1c(-c2ccc3c(c2)OCO3)c(CCO)c2cc(OC)ccc2c1=O. The molecule has 1 aliphatic rings.